The van der Waals surface area contributed by atoms with Gasteiger partial charge < -0.3 is 10.6 Å². The monoisotopic (exact) mass is 261 g/mol. The molecule has 18 heavy (non-hydrogen) atoms. The summed E-state index contributed by atoms with van der Waals surface area (Å²) in [5, 5.41) is 16.1. The molecule has 0 aliphatic carbocycles. The van der Waals surface area contributed by atoms with E-state index in [0.717, 1.165) is 35.8 Å². The third kappa shape index (κ3) is 3.18. The minimum Gasteiger partial charge on any atom is -0.384 e. The highest BCUT2D eigenvalue weighted by Crippen LogP contribution is 2.26. The minimum absolute atomic E-state index is 0.670. The summed E-state index contributed by atoms with van der Waals surface area (Å²) in [6.07, 6.45) is 4.53. The molecule has 1 aromatic carbocycles. The molecule has 0 spiro atoms. The van der Waals surface area contributed by atoms with E-state index in [9.17, 15) is 5.26 Å². The number of nitriles is 1. The van der Waals surface area contributed by atoms with Crippen molar-refractivity contribution in [3.8, 4) is 6.07 Å². The largest absolute Gasteiger partial charge is 0.384 e. The lowest BCUT2D eigenvalue weighted by Crippen LogP contribution is -2.33. The second kappa shape index (κ2) is 6.67. The predicted molar refractivity (Wildman–Crippen MR) is 77.0 cm³/mol. The normalized spacial score (nSPS) is 19.2. The van der Waals surface area contributed by atoms with Crippen molar-refractivity contribution in [2.24, 2.45) is 5.92 Å². The van der Waals surface area contributed by atoms with Crippen LogP contribution in [-0.4, -0.2) is 25.9 Å². The molecule has 1 saturated heterocycles. The lowest BCUT2D eigenvalue weighted by Gasteiger charge is -2.23. The van der Waals surface area contributed by atoms with Crippen LogP contribution in [-0.2, 0) is 0 Å². The number of hydrogen-bond donors (Lipinski definition) is 2. The van der Waals surface area contributed by atoms with Crippen molar-refractivity contribution < 1.29 is 0 Å². The topological polar surface area (TPSA) is 47.8 Å². The van der Waals surface area contributed by atoms with Gasteiger partial charge in [-0.3, -0.25) is 0 Å². The fraction of sp³-hybridized carbons (Fsp3) is 0.500. The van der Waals surface area contributed by atoms with Crippen molar-refractivity contribution in [2.75, 3.05) is 31.2 Å². The van der Waals surface area contributed by atoms with Crippen LogP contribution in [0.5, 0.6) is 0 Å². The van der Waals surface area contributed by atoms with E-state index in [-0.39, 0.29) is 0 Å². The summed E-state index contributed by atoms with van der Waals surface area (Å²) >= 11 is 1.62. The lowest BCUT2D eigenvalue weighted by atomic mass is 9.99. The third-order valence-corrected chi connectivity index (χ3v) is 4.12. The Morgan fingerprint density at radius 2 is 2.44 bits per heavy atom. The van der Waals surface area contributed by atoms with Gasteiger partial charge in [-0.25, -0.2) is 0 Å². The van der Waals surface area contributed by atoms with Gasteiger partial charge in [-0.2, -0.15) is 5.26 Å². The summed E-state index contributed by atoms with van der Waals surface area (Å²) in [5.74, 6) is 0.670. The van der Waals surface area contributed by atoms with Gasteiger partial charge in [0.1, 0.15) is 6.07 Å². The maximum absolute atomic E-state index is 9.25. The number of nitrogens with one attached hydrogen (secondary N) is 2. The Balaban J connectivity index is 2.02. The number of hydrogen-bond acceptors (Lipinski definition) is 4. The Labute approximate surface area is 113 Å². The lowest BCUT2D eigenvalue weighted by molar-refractivity contribution is 0.393. The van der Waals surface area contributed by atoms with E-state index in [1.807, 2.05) is 24.5 Å². The second-order valence-electron chi connectivity index (χ2n) is 4.59. The van der Waals surface area contributed by atoms with Gasteiger partial charge in [0.2, 0.25) is 0 Å². The molecule has 1 fully saturated rings. The zero-order valence-electron chi connectivity index (χ0n) is 10.7. The third-order valence-electron chi connectivity index (χ3n) is 3.34. The van der Waals surface area contributed by atoms with Crippen molar-refractivity contribution in [1.29, 1.82) is 5.26 Å². The zero-order chi connectivity index (χ0) is 12.8. The summed E-state index contributed by atoms with van der Waals surface area (Å²) < 4.78 is 0. The van der Waals surface area contributed by atoms with Crippen LogP contribution in [0, 0.1) is 17.2 Å². The van der Waals surface area contributed by atoms with E-state index in [2.05, 4.69) is 16.7 Å². The van der Waals surface area contributed by atoms with Crippen molar-refractivity contribution in [3.63, 3.8) is 0 Å². The maximum atomic E-state index is 9.25. The molecule has 1 aromatic rings. The molecule has 0 bridgehead atoms. The zero-order valence-corrected chi connectivity index (χ0v) is 11.5. The van der Waals surface area contributed by atoms with Gasteiger partial charge >= 0.3 is 0 Å². The molecule has 1 aliphatic rings. The molecule has 1 atom stereocenters. The van der Waals surface area contributed by atoms with Gasteiger partial charge in [0.25, 0.3) is 0 Å². The van der Waals surface area contributed by atoms with Gasteiger partial charge in [0.15, 0.2) is 0 Å². The highest BCUT2D eigenvalue weighted by atomic mass is 32.2. The summed E-state index contributed by atoms with van der Waals surface area (Å²) in [6, 6.07) is 8.30. The van der Waals surface area contributed by atoms with Crippen LogP contribution < -0.4 is 10.6 Å². The molecule has 1 unspecified atom stereocenters. The first-order valence-corrected chi connectivity index (χ1v) is 7.59. The van der Waals surface area contributed by atoms with Gasteiger partial charge in [-0.15, -0.1) is 11.8 Å². The maximum Gasteiger partial charge on any atom is 0.102 e. The molecule has 1 aliphatic heterocycles. The average molecular weight is 261 g/mol. The highest BCUT2D eigenvalue weighted by molar-refractivity contribution is 7.98. The Bertz CT molecular complexity index is 433. The van der Waals surface area contributed by atoms with Crippen LogP contribution in [0.15, 0.2) is 23.1 Å². The first kappa shape index (κ1) is 13.3. The number of rotatable bonds is 4. The molecule has 0 amide bonds. The Morgan fingerprint density at radius 1 is 1.56 bits per heavy atom. The molecule has 3 nitrogen and oxygen atoms in total. The summed E-state index contributed by atoms with van der Waals surface area (Å²) in [5.41, 5.74) is 1.74. The Hall–Kier alpha value is -1.18. The van der Waals surface area contributed by atoms with Crippen LogP contribution in [0.1, 0.15) is 18.4 Å². The quantitative estimate of drug-likeness (QED) is 0.818. The van der Waals surface area contributed by atoms with Gasteiger partial charge in [-0.05, 0) is 50.2 Å². The standard InChI is InChI=1S/C14H19N3S/c1-18-14-6-2-5-13(12(14)8-15)17-10-11-4-3-7-16-9-11/h2,5-6,11,16-17H,3-4,7,9-10H2,1H3. The molecule has 0 aromatic heterocycles. The Kier molecular flexibility index (Phi) is 4.91. The first-order valence-electron chi connectivity index (χ1n) is 6.37. The molecule has 0 saturated carbocycles. The molecule has 2 N–H and O–H groups in total. The van der Waals surface area contributed by atoms with E-state index in [4.69, 9.17) is 0 Å². The fourth-order valence-corrected chi connectivity index (χ4v) is 2.89. The fourth-order valence-electron chi connectivity index (χ4n) is 2.32. The van der Waals surface area contributed by atoms with Crippen molar-refractivity contribution in [2.45, 2.75) is 17.7 Å². The van der Waals surface area contributed by atoms with Gasteiger partial charge in [0, 0.05) is 11.4 Å². The summed E-state index contributed by atoms with van der Waals surface area (Å²) in [4.78, 5) is 1.05. The van der Waals surface area contributed by atoms with Crippen LogP contribution in [0.3, 0.4) is 0 Å². The van der Waals surface area contributed by atoms with Crippen LogP contribution >= 0.6 is 11.8 Å². The molecular weight excluding hydrogens is 242 g/mol. The van der Waals surface area contributed by atoms with Crippen molar-refractivity contribution >= 4 is 17.4 Å². The second-order valence-corrected chi connectivity index (χ2v) is 5.44. The molecule has 0 radical (unpaired) electrons. The number of thioether (sulfide) groups is 1. The van der Waals surface area contributed by atoms with E-state index in [1.54, 1.807) is 11.8 Å². The Morgan fingerprint density at radius 3 is 3.11 bits per heavy atom. The van der Waals surface area contributed by atoms with Gasteiger partial charge in [0.05, 0.1) is 11.3 Å². The molecule has 96 valence electrons. The first-order chi connectivity index (χ1) is 8.85. The number of piperidine rings is 1. The predicted octanol–water partition coefficient (Wildman–Crippen LogP) is 2.69. The molecule has 2 rings (SSSR count). The van der Waals surface area contributed by atoms with E-state index in [0.29, 0.717) is 5.92 Å². The number of benzene rings is 1. The number of anilines is 1. The smallest absolute Gasteiger partial charge is 0.102 e. The molecule has 4 heteroatoms. The van der Waals surface area contributed by atoms with Crippen LogP contribution in [0.25, 0.3) is 0 Å². The van der Waals surface area contributed by atoms with Crippen molar-refractivity contribution in [1.82, 2.24) is 5.32 Å². The summed E-state index contributed by atoms with van der Waals surface area (Å²) in [6.45, 7) is 3.17. The van der Waals surface area contributed by atoms with Crippen molar-refractivity contribution in [3.05, 3.63) is 23.8 Å². The molecule has 1 heterocycles. The minimum atomic E-state index is 0.670. The average Bonchev–Trinajstić information content (AvgIpc) is 2.45. The molecular formula is C14H19N3S. The van der Waals surface area contributed by atoms with E-state index >= 15 is 0 Å². The van der Waals surface area contributed by atoms with E-state index in [1.165, 1.54) is 12.8 Å². The number of nitrogens with zero attached hydrogens (tertiary/aromatic N) is 1. The van der Waals surface area contributed by atoms with E-state index < -0.39 is 0 Å². The van der Waals surface area contributed by atoms with Crippen LogP contribution in [0.2, 0.25) is 0 Å². The SMILES string of the molecule is CSc1cccc(NCC2CCCNC2)c1C#N. The van der Waals surface area contributed by atoms with Gasteiger partial charge in [-0.1, -0.05) is 6.07 Å². The van der Waals surface area contributed by atoms with Crippen LogP contribution in [0.4, 0.5) is 5.69 Å². The highest BCUT2D eigenvalue weighted by Gasteiger charge is 2.14. The summed E-state index contributed by atoms with van der Waals surface area (Å²) in [7, 11) is 0.